The number of carbonyl (C=O) groups is 17. The third kappa shape index (κ3) is 35.7. The van der Waals surface area contributed by atoms with Crippen LogP contribution in [-0.2, 0) is 92.6 Å². The number of ether oxygens (including phenoxy) is 2. The molecule has 1 aromatic rings. The molecule has 0 bridgehead atoms. The van der Waals surface area contributed by atoms with E-state index in [0.29, 0.717) is 36.1 Å². The maximum atomic E-state index is 14.4. The Hall–Kier alpha value is -8.36. The first-order valence-corrected chi connectivity index (χ1v) is 35.3. The van der Waals surface area contributed by atoms with Crippen LogP contribution >= 0.6 is 11.8 Å². The predicted molar refractivity (Wildman–Crippen MR) is 365 cm³/mol. The number of carbonyl (C=O) groups excluding carboxylic acids is 12. The van der Waals surface area contributed by atoms with Crippen molar-refractivity contribution in [3.63, 3.8) is 0 Å². The van der Waals surface area contributed by atoms with Crippen molar-refractivity contribution in [1.29, 1.82) is 0 Å². The highest BCUT2D eigenvalue weighted by Crippen LogP contribution is 2.25. The summed E-state index contributed by atoms with van der Waals surface area (Å²) in [5.74, 6) is -19.7. The molecule has 1 aliphatic rings. The average molecular weight is 1450 g/mol. The van der Waals surface area contributed by atoms with Crippen LogP contribution in [0.5, 0.6) is 0 Å². The lowest BCUT2D eigenvalue weighted by Crippen LogP contribution is -2.52. The molecule has 0 aromatic heterocycles. The molecular weight excluding hydrogens is 1340 g/mol. The summed E-state index contributed by atoms with van der Waals surface area (Å²) in [7, 11) is 0. The molecule has 0 spiro atoms. The van der Waals surface area contributed by atoms with Crippen LogP contribution in [-0.4, -0.2) is 218 Å². The van der Waals surface area contributed by atoms with E-state index < -0.39 is 227 Å². The van der Waals surface area contributed by atoms with Gasteiger partial charge in [0, 0.05) is 125 Å². The van der Waals surface area contributed by atoms with Gasteiger partial charge in [-0.1, -0.05) is 58.9 Å². The third-order valence-corrected chi connectivity index (χ3v) is 17.5. The van der Waals surface area contributed by atoms with Crippen LogP contribution in [0.4, 0.5) is 0 Å². The molecule has 9 atom stereocenters. The normalized spacial score (nSPS) is 15.3. The number of thioether (sulfide) groups is 1. The highest BCUT2D eigenvalue weighted by atomic mass is 32.2. The van der Waals surface area contributed by atoms with E-state index in [1.807, 2.05) is 40.9 Å². The lowest BCUT2D eigenvalue weighted by Gasteiger charge is -2.31. The molecule has 1 aromatic carbocycles. The van der Waals surface area contributed by atoms with E-state index in [4.69, 9.17) is 15.2 Å². The van der Waals surface area contributed by atoms with Crippen molar-refractivity contribution in [1.82, 2.24) is 31.5 Å². The number of rotatable bonds is 54. The summed E-state index contributed by atoms with van der Waals surface area (Å²) in [5.41, 5.74) is 5.93. The van der Waals surface area contributed by atoms with Crippen molar-refractivity contribution in [2.75, 3.05) is 51.5 Å². The largest absolute Gasteiger partial charge is 0.481 e. The monoisotopic (exact) mass is 1450 g/mol. The zero-order chi connectivity index (χ0) is 76.1. The molecule has 31 nitrogen and oxygen atoms in total. The molecule has 0 saturated carbocycles. The van der Waals surface area contributed by atoms with Crippen molar-refractivity contribution in [2.24, 2.45) is 34.8 Å². The molecular formula is C69H103N7O24S. The molecule has 2 rings (SSSR count). The predicted octanol–water partition coefficient (Wildman–Crippen LogP) is 3.04. The van der Waals surface area contributed by atoms with Gasteiger partial charge >= 0.3 is 29.8 Å². The number of Topliss-reactive ketones (excluding diaryl/α,β-unsaturated/α-hetero) is 6. The highest BCUT2D eigenvalue weighted by Gasteiger charge is 2.38. The average Bonchev–Trinajstić information content (AvgIpc) is 1.64. The number of hydrogen-bond donors (Lipinski definition) is 11. The van der Waals surface area contributed by atoms with E-state index in [-0.39, 0.29) is 93.3 Å². The van der Waals surface area contributed by atoms with Gasteiger partial charge in [-0.25, -0.2) is 0 Å². The van der Waals surface area contributed by atoms with Crippen LogP contribution in [0.15, 0.2) is 24.3 Å². The summed E-state index contributed by atoms with van der Waals surface area (Å²) in [6.07, 6.45) is -6.64. The number of likely N-dealkylation sites (tertiary alicyclic amines) is 1. The molecule has 0 unspecified atom stereocenters. The number of nitrogens with two attached hydrogens (primary N) is 1. The lowest BCUT2D eigenvalue weighted by atomic mass is 9.87. The molecule has 1 heterocycles. The molecule has 12 N–H and O–H groups in total. The van der Waals surface area contributed by atoms with E-state index in [9.17, 15) is 107 Å². The summed E-state index contributed by atoms with van der Waals surface area (Å²) in [5, 5.41) is 61.1. The topological polar surface area (TPSA) is 499 Å². The second kappa shape index (κ2) is 46.2. The van der Waals surface area contributed by atoms with E-state index in [2.05, 4.69) is 26.6 Å². The summed E-state index contributed by atoms with van der Waals surface area (Å²) >= 11 is 1.59. The number of hydrogen-bond acceptors (Lipinski definition) is 21. The SMILES string of the molecule is CSC[C@H](NC(=O)CCC(=O)[C@H](CC(C)C)NC(=O)[C@@H]1CCCN1C(=O)COCCCC(=O)[C@H](Cc1ccc(C(C)=O)cc1)NC(=O)[C@@H](CCC(=O)O)CC(=O)[C@@H](CCC(=O)O)NC(=O)[C@@H](CCC(=O)O)CC(=O)[C@@H](CCC(=O)O)NC(=O)[C@@H](CCC(=O)O)CC(=O)COCCN)C(C)(C)C. The minimum absolute atomic E-state index is 0.0125. The smallest absolute Gasteiger partial charge is 0.303 e. The molecule has 1 aliphatic heterocycles. The summed E-state index contributed by atoms with van der Waals surface area (Å²) in [6.45, 7) is 10.2. The summed E-state index contributed by atoms with van der Waals surface area (Å²) < 4.78 is 10.8. The van der Waals surface area contributed by atoms with E-state index >= 15 is 0 Å². The zero-order valence-corrected chi connectivity index (χ0v) is 59.6. The number of carboxylic acid groups (broad SMARTS) is 5. The van der Waals surface area contributed by atoms with Gasteiger partial charge in [0.25, 0.3) is 0 Å². The molecule has 101 heavy (non-hydrogen) atoms. The van der Waals surface area contributed by atoms with Gasteiger partial charge in [-0.2, -0.15) is 11.8 Å². The molecule has 0 radical (unpaired) electrons. The van der Waals surface area contributed by atoms with Gasteiger partial charge in [0.2, 0.25) is 35.4 Å². The Morgan fingerprint density at radius 2 is 1.03 bits per heavy atom. The summed E-state index contributed by atoms with van der Waals surface area (Å²) in [4.78, 5) is 224. The zero-order valence-electron chi connectivity index (χ0n) is 58.8. The molecule has 6 amide bonds. The fourth-order valence-corrected chi connectivity index (χ4v) is 12.0. The van der Waals surface area contributed by atoms with E-state index in [0.717, 1.165) is 0 Å². The Bertz CT molecular complexity index is 3040. The second-order valence-corrected chi connectivity index (χ2v) is 27.7. The molecule has 564 valence electrons. The fourth-order valence-electron chi connectivity index (χ4n) is 11.1. The van der Waals surface area contributed by atoms with Gasteiger partial charge in [-0.05, 0) is 94.3 Å². The minimum atomic E-state index is -1.81. The Morgan fingerprint density at radius 1 is 0.564 bits per heavy atom. The fraction of sp³-hybridized carbons (Fsp3) is 0.667. The van der Waals surface area contributed by atoms with Crippen molar-refractivity contribution in [3.8, 4) is 0 Å². The second-order valence-electron chi connectivity index (χ2n) is 26.8. The molecule has 0 aliphatic carbocycles. The van der Waals surface area contributed by atoms with Crippen LogP contribution in [0, 0.1) is 29.1 Å². The first-order chi connectivity index (χ1) is 47.4. The van der Waals surface area contributed by atoms with Crippen molar-refractivity contribution >= 4 is 112 Å². The van der Waals surface area contributed by atoms with Gasteiger partial charge in [0.15, 0.2) is 34.7 Å². The van der Waals surface area contributed by atoms with Gasteiger partial charge in [0.1, 0.15) is 19.3 Å². The van der Waals surface area contributed by atoms with Crippen LogP contribution in [0.2, 0.25) is 0 Å². The highest BCUT2D eigenvalue weighted by molar-refractivity contribution is 7.98. The Kier molecular flexibility index (Phi) is 40.6. The Morgan fingerprint density at radius 3 is 1.49 bits per heavy atom. The maximum absolute atomic E-state index is 14.4. The lowest BCUT2D eigenvalue weighted by molar-refractivity contribution is -0.142. The van der Waals surface area contributed by atoms with Crippen LogP contribution in [0.1, 0.15) is 186 Å². The van der Waals surface area contributed by atoms with Crippen LogP contribution < -0.4 is 32.3 Å². The van der Waals surface area contributed by atoms with Crippen molar-refractivity contribution in [3.05, 3.63) is 35.4 Å². The first-order valence-electron chi connectivity index (χ1n) is 33.9. The maximum Gasteiger partial charge on any atom is 0.303 e. The third-order valence-electron chi connectivity index (χ3n) is 16.9. The number of aliphatic carboxylic acids is 5. The standard InChI is InChI=1S/C69H103N7O24S/c1-40(2)32-50(54(80)21-22-58(83)75-57(39-101-7)69(4,5)6)74-68(98)52-10-8-29-76(52)59(84)38-99-30-9-11-53(79)51(33-42-12-14-43(15-13-42)41(3)77)73-67(97)46(18-25-62(89)90)36-56(82)49(20-27-64(93)94)72-66(96)45(17-24-61(87)88)35-55(81)48(19-26-63(91)92)71-65(95)44(16-23-60(85)86)34-47(78)37-100-31-28-70/h12-15,40,44-46,48-52,57H,8-11,16-39,70H2,1-7H3,(H,71,95)(H,72,96)(H,73,97)(H,74,98)(H,75,83)(H,85,86)(H,87,88)(H,89,90)(H,91,92)(H,93,94)/t44-,45-,46-,48+,49+,50-,51-,52-,57-/m0/s1. The van der Waals surface area contributed by atoms with E-state index in [1.165, 1.54) is 36.1 Å². The van der Waals surface area contributed by atoms with Crippen molar-refractivity contribution < 1.29 is 117 Å². The number of nitrogens with zero attached hydrogens (tertiary/aromatic N) is 1. The molecule has 32 heteroatoms. The minimum Gasteiger partial charge on any atom is -0.481 e. The van der Waals surface area contributed by atoms with Gasteiger partial charge in [-0.3, -0.25) is 81.5 Å². The van der Waals surface area contributed by atoms with Gasteiger partial charge < -0.3 is 72.2 Å². The number of nitrogens with one attached hydrogen (secondary N) is 5. The Balaban J connectivity index is 2.38. The van der Waals surface area contributed by atoms with Crippen LogP contribution in [0.3, 0.4) is 0 Å². The number of amides is 6. The van der Waals surface area contributed by atoms with Crippen molar-refractivity contribution in [2.45, 2.75) is 213 Å². The number of carboxylic acids is 5. The number of benzene rings is 1. The van der Waals surface area contributed by atoms with E-state index in [1.54, 1.807) is 11.8 Å². The quantitative estimate of drug-likeness (QED) is 0.0330. The number of ketones is 6. The Labute approximate surface area is 591 Å². The van der Waals surface area contributed by atoms with Crippen LogP contribution in [0.25, 0.3) is 0 Å². The summed E-state index contributed by atoms with van der Waals surface area (Å²) in [6, 6.07) is -0.881. The first kappa shape index (κ1) is 88.7. The molecule has 1 saturated heterocycles. The molecule has 1 fully saturated rings. The van der Waals surface area contributed by atoms with Gasteiger partial charge in [-0.15, -0.1) is 0 Å². The van der Waals surface area contributed by atoms with Gasteiger partial charge in [0.05, 0.1) is 30.8 Å².